The van der Waals surface area contributed by atoms with Crippen LogP contribution < -0.4 is 22.1 Å². The molecule has 2 aromatic rings. The summed E-state index contributed by atoms with van der Waals surface area (Å²) < 4.78 is 0. The van der Waals surface area contributed by atoms with E-state index in [0.29, 0.717) is 0 Å². The Balaban J connectivity index is 1.43. The molecule has 2 atom stereocenters. The van der Waals surface area contributed by atoms with Crippen molar-refractivity contribution in [3.63, 3.8) is 0 Å². The first-order valence-corrected chi connectivity index (χ1v) is 8.88. The lowest BCUT2D eigenvalue weighted by Gasteiger charge is -2.30. The van der Waals surface area contributed by atoms with Gasteiger partial charge < -0.3 is 22.1 Å². The Kier molecular flexibility index (Phi) is 5.47. The molecule has 6 N–H and O–H groups in total. The van der Waals surface area contributed by atoms with Crippen LogP contribution in [0.25, 0.3) is 0 Å². The summed E-state index contributed by atoms with van der Waals surface area (Å²) >= 11 is 0. The highest BCUT2D eigenvalue weighted by molar-refractivity contribution is 5.52. The third-order valence-electron chi connectivity index (χ3n) is 4.90. The minimum Gasteiger partial charge on any atom is -0.399 e. The van der Waals surface area contributed by atoms with E-state index in [2.05, 4.69) is 34.9 Å². The van der Waals surface area contributed by atoms with Gasteiger partial charge in [-0.05, 0) is 79.6 Å². The van der Waals surface area contributed by atoms with Gasteiger partial charge in [0, 0.05) is 35.8 Å². The Morgan fingerprint density at radius 2 is 1.12 bits per heavy atom. The van der Waals surface area contributed by atoms with E-state index in [1.54, 1.807) is 0 Å². The number of nitrogen functional groups attached to an aromatic ring is 2. The van der Waals surface area contributed by atoms with E-state index >= 15 is 0 Å². The summed E-state index contributed by atoms with van der Waals surface area (Å²) in [5.74, 6) is 1.49. The Morgan fingerprint density at radius 1 is 0.708 bits per heavy atom. The molecule has 4 nitrogen and oxygen atoms in total. The molecule has 1 aliphatic carbocycles. The fraction of sp³-hybridized carbons (Fsp3) is 0.400. The van der Waals surface area contributed by atoms with Crippen molar-refractivity contribution in [2.75, 3.05) is 35.2 Å². The van der Waals surface area contributed by atoms with Crippen LogP contribution in [-0.2, 0) is 0 Å². The minimum absolute atomic E-state index is 0.745. The normalized spacial score (nSPS) is 20.5. The number of benzene rings is 2. The van der Waals surface area contributed by atoms with Crippen molar-refractivity contribution in [2.24, 2.45) is 11.8 Å². The lowest BCUT2D eigenvalue weighted by molar-refractivity contribution is 0.286. The molecule has 2 unspecified atom stereocenters. The van der Waals surface area contributed by atoms with Gasteiger partial charge in [0.05, 0.1) is 0 Å². The van der Waals surface area contributed by atoms with Crippen LogP contribution in [0.3, 0.4) is 0 Å². The maximum Gasteiger partial charge on any atom is 0.0341 e. The van der Waals surface area contributed by atoms with Crippen LogP contribution >= 0.6 is 0 Å². The van der Waals surface area contributed by atoms with E-state index < -0.39 is 0 Å². The fourth-order valence-corrected chi connectivity index (χ4v) is 3.50. The van der Waals surface area contributed by atoms with Crippen LogP contribution in [0.2, 0.25) is 0 Å². The molecule has 3 rings (SSSR count). The van der Waals surface area contributed by atoms with Gasteiger partial charge in [0.1, 0.15) is 0 Å². The van der Waals surface area contributed by atoms with Crippen molar-refractivity contribution in [2.45, 2.75) is 25.7 Å². The van der Waals surface area contributed by atoms with Crippen molar-refractivity contribution in [1.29, 1.82) is 0 Å². The summed E-state index contributed by atoms with van der Waals surface area (Å²) in [4.78, 5) is 0. The minimum atomic E-state index is 0.745. The number of hydrogen-bond acceptors (Lipinski definition) is 4. The molecule has 0 aromatic heterocycles. The second-order valence-corrected chi connectivity index (χ2v) is 6.90. The monoisotopic (exact) mass is 324 g/mol. The molecule has 0 aliphatic heterocycles. The van der Waals surface area contributed by atoms with E-state index in [4.69, 9.17) is 11.5 Å². The Bertz CT molecular complexity index is 566. The zero-order valence-corrected chi connectivity index (χ0v) is 14.2. The predicted octanol–water partition coefficient (Wildman–Crippen LogP) is 4.18. The van der Waals surface area contributed by atoms with Gasteiger partial charge in [-0.3, -0.25) is 0 Å². The molecule has 0 bridgehead atoms. The van der Waals surface area contributed by atoms with Gasteiger partial charge >= 0.3 is 0 Å². The Labute approximate surface area is 144 Å². The van der Waals surface area contributed by atoms with Gasteiger partial charge in [0.2, 0.25) is 0 Å². The maximum absolute atomic E-state index is 5.73. The molecule has 1 fully saturated rings. The van der Waals surface area contributed by atoms with E-state index in [9.17, 15) is 0 Å². The number of nitrogens with two attached hydrogens (primary N) is 2. The van der Waals surface area contributed by atoms with E-state index in [1.807, 2.05) is 24.3 Å². The number of anilines is 4. The molecule has 1 saturated carbocycles. The van der Waals surface area contributed by atoms with Gasteiger partial charge in [0.25, 0.3) is 0 Å². The van der Waals surface area contributed by atoms with Crippen LogP contribution in [-0.4, -0.2) is 13.1 Å². The van der Waals surface area contributed by atoms with Crippen molar-refractivity contribution >= 4 is 22.7 Å². The zero-order valence-electron chi connectivity index (χ0n) is 14.2. The molecule has 0 spiro atoms. The second kappa shape index (κ2) is 7.95. The second-order valence-electron chi connectivity index (χ2n) is 6.90. The average molecular weight is 324 g/mol. The average Bonchev–Trinajstić information content (AvgIpc) is 2.61. The van der Waals surface area contributed by atoms with Crippen LogP contribution in [0.1, 0.15) is 25.7 Å². The molecule has 0 saturated heterocycles. The molecule has 1 aliphatic rings. The molecule has 24 heavy (non-hydrogen) atoms. The van der Waals surface area contributed by atoms with Gasteiger partial charge in [-0.2, -0.15) is 0 Å². The quantitative estimate of drug-likeness (QED) is 0.601. The molecule has 2 aromatic carbocycles. The molecule has 0 radical (unpaired) electrons. The molecular formula is C20H28N4. The topological polar surface area (TPSA) is 76.1 Å². The summed E-state index contributed by atoms with van der Waals surface area (Å²) in [5, 5.41) is 7.10. The van der Waals surface area contributed by atoms with E-state index in [0.717, 1.165) is 47.7 Å². The first-order chi connectivity index (χ1) is 11.7. The number of rotatable bonds is 6. The first kappa shape index (κ1) is 16.5. The third-order valence-corrected chi connectivity index (χ3v) is 4.90. The Hall–Kier alpha value is -2.36. The van der Waals surface area contributed by atoms with Gasteiger partial charge in [-0.15, -0.1) is 0 Å². The van der Waals surface area contributed by atoms with Gasteiger partial charge in [-0.25, -0.2) is 0 Å². The SMILES string of the molecule is Nc1ccc(NCC2CCCC(CNc3ccc(N)cc3)C2)cc1. The van der Waals surface area contributed by atoms with Crippen molar-refractivity contribution in [3.05, 3.63) is 48.5 Å². The van der Waals surface area contributed by atoms with Crippen molar-refractivity contribution < 1.29 is 0 Å². The lowest BCUT2D eigenvalue weighted by atomic mass is 9.81. The summed E-state index contributed by atoms with van der Waals surface area (Å²) in [6.07, 6.45) is 5.24. The largest absolute Gasteiger partial charge is 0.399 e. The summed E-state index contributed by atoms with van der Waals surface area (Å²) in [6, 6.07) is 16.0. The predicted molar refractivity (Wildman–Crippen MR) is 104 cm³/mol. The van der Waals surface area contributed by atoms with Crippen molar-refractivity contribution in [3.8, 4) is 0 Å². The van der Waals surface area contributed by atoms with E-state index in [-0.39, 0.29) is 0 Å². The number of hydrogen-bond donors (Lipinski definition) is 4. The lowest BCUT2D eigenvalue weighted by Crippen LogP contribution is -2.26. The maximum atomic E-state index is 5.73. The highest BCUT2D eigenvalue weighted by atomic mass is 14.9. The summed E-state index contributed by atoms with van der Waals surface area (Å²) in [6.45, 7) is 2.09. The molecule has 4 heteroatoms. The molecule has 128 valence electrons. The van der Waals surface area contributed by atoms with Gasteiger partial charge in [-0.1, -0.05) is 6.42 Å². The first-order valence-electron chi connectivity index (χ1n) is 8.88. The van der Waals surface area contributed by atoms with Crippen LogP contribution in [0.15, 0.2) is 48.5 Å². The number of nitrogens with one attached hydrogen (secondary N) is 2. The fourth-order valence-electron chi connectivity index (χ4n) is 3.50. The zero-order chi connectivity index (χ0) is 16.8. The Morgan fingerprint density at radius 3 is 1.54 bits per heavy atom. The molecular weight excluding hydrogens is 296 g/mol. The molecule has 0 amide bonds. The molecule has 0 heterocycles. The smallest absolute Gasteiger partial charge is 0.0341 e. The van der Waals surface area contributed by atoms with Gasteiger partial charge in [0.15, 0.2) is 0 Å². The third kappa shape index (κ3) is 4.82. The van der Waals surface area contributed by atoms with Crippen LogP contribution in [0.4, 0.5) is 22.7 Å². The standard InChI is InChI=1S/C20H28N4/c21-17-4-8-19(9-5-17)23-13-15-2-1-3-16(12-15)14-24-20-10-6-18(22)7-11-20/h4-11,15-16,23-24H,1-3,12-14,21-22H2. The van der Waals surface area contributed by atoms with Crippen LogP contribution in [0, 0.1) is 11.8 Å². The highest BCUT2D eigenvalue weighted by Crippen LogP contribution is 2.29. The highest BCUT2D eigenvalue weighted by Gasteiger charge is 2.21. The summed E-state index contributed by atoms with van der Waals surface area (Å²) in [7, 11) is 0. The van der Waals surface area contributed by atoms with Crippen LogP contribution in [0.5, 0.6) is 0 Å². The van der Waals surface area contributed by atoms with E-state index in [1.165, 1.54) is 25.7 Å². The van der Waals surface area contributed by atoms with Crippen molar-refractivity contribution in [1.82, 2.24) is 0 Å². The summed E-state index contributed by atoms with van der Waals surface area (Å²) in [5.41, 5.74) is 15.4.